The fourth-order valence-corrected chi connectivity index (χ4v) is 4.63. The lowest BCUT2D eigenvalue weighted by atomic mass is 10.0. The van der Waals surface area contributed by atoms with E-state index in [-0.39, 0.29) is 36.7 Å². The van der Waals surface area contributed by atoms with Crippen LogP contribution < -0.4 is 15.4 Å². The van der Waals surface area contributed by atoms with Crippen molar-refractivity contribution in [2.45, 2.75) is 64.4 Å². The van der Waals surface area contributed by atoms with Gasteiger partial charge in [0.15, 0.2) is 5.82 Å². The molecule has 1 atom stereocenters. The Morgan fingerprint density at radius 3 is 2.83 bits per heavy atom. The Morgan fingerprint density at radius 2 is 2.11 bits per heavy atom. The highest BCUT2D eigenvalue weighted by molar-refractivity contribution is 7.98. The highest BCUT2D eigenvalue weighted by Crippen LogP contribution is 2.36. The second-order valence-electron chi connectivity index (χ2n) is 8.39. The van der Waals surface area contributed by atoms with Gasteiger partial charge in [0.05, 0.1) is 25.8 Å². The van der Waals surface area contributed by atoms with Crippen LogP contribution in [0.3, 0.4) is 0 Å². The number of carbonyl (C=O) groups excluding carboxylic acids is 2. The molecule has 0 fully saturated rings. The van der Waals surface area contributed by atoms with E-state index in [0.717, 1.165) is 0 Å². The van der Waals surface area contributed by atoms with Crippen LogP contribution in [0.2, 0.25) is 0 Å². The van der Waals surface area contributed by atoms with Crippen molar-refractivity contribution in [1.82, 2.24) is 20.8 Å². The second kappa shape index (κ2) is 13.6. The number of halogens is 1. The van der Waals surface area contributed by atoms with Crippen molar-refractivity contribution in [3.05, 3.63) is 34.5 Å². The quantitative estimate of drug-likeness (QED) is 0.495. The number of rotatable bonds is 5. The van der Waals surface area contributed by atoms with Crippen molar-refractivity contribution in [1.29, 1.82) is 0 Å². The van der Waals surface area contributed by atoms with E-state index in [4.69, 9.17) is 14.0 Å². The van der Waals surface area contributed by atoms with E-state index in [9.17, 15) is 14.7 Å². The Kier molecular flexibility index (Phi) is 11.1. The number of cyclic esters (lactones) is 1. The molecule has 0 saturated carbocycles. The summed E-state index contributed by atoms with van der Waals surface area (Å²) in [6.45, 7) is 6.45. The fourth-order valence-electron chi connectivity index (χ4n) is 3.55. The molecule has 1 aliphatic heterocycles. The zero-order chi connectivity index (χ0) is 24.7. The van der Waals surface area contributed by atoms with Crippen molar-refractivity contribution < 1.29 is 28.7 Å². The van der Waals surface area contributed by atoms with Crippen LogP contribution in [0.15, 0.2) is 10.6 Å². The summed E-state index contributed by atoms with van der Waals surface area (Å²) in [5, 5.41) is 20.8. The largest absolute Gasteiger partial charge is 0.507 e. The first kappa shape index (κ1) is 28.7. The summed E-state index contributed by atoms with van der Waals surface area (Å²) in [6.07, 6.45) is 1.38. The number of amides is 1. The monoisotopic (exact) mass is 528 g/mol. The number of hydrogen-bond acceptors (Lipinski definition) is 10. The van der Waals surface area contributed by atoms with Gasteiger partial charge in [-0.1, -0.05) is 19.0 Å². The summed E-state index contributed by atoms with van der Waals surface area (Å²) in [5.74, 6) is 1.26. The molecular weight excluding hydrogens is 496 g/mol. The minimum absolute atomic E-state index is 0. The van der Waals surface area contributed by atoms with Gasteiger partial charge in [0.2, 0.25) is 11.8 Å². The summed E-state index contributed by atoms with van der Waals surface area (Å²) >= 11 is 1.43. The summed E-state index contributed by atoms with van der Waals surface area (Å²) < 4.78 is 16.2. The molecule has 0 unspecified atom stereocenters. The topological polar surface area (TPSA) is 136 Å². The van der Waals surface area contributed by atoms with E-state index in [1.165, 1.54) is 24.9 Å². The van der Waals surface area contributed by atoms with Crippen molar-refractivity contribution in [3.8, 4) is 11.5 Å². The molecule has 0 bridgehead atoms. The molecule has 0 radical (unpaired) electrons. The molecule has 1 aliphatic rings. The number of ether oxygens (including phenoxy) is 2. The van der Waals surface area contributed by atoms with Crippen molar-refractivity contribution in [3.63, 3.8) is 0 Å². The number of benzene rings is 1. The van der Waals surface area contributed by atoms with Gasteiger partial charge in [-0.15, -0.1) is 12.4 Å². The minimum Gasteiger partial charge on any atom is -0.507 e. The fraction of sp³-hybridized carbons (Fsp3) is 0.565. The number of aromatic hydroxyl groups is 1. The second-order valence-corrected chi connectivity index (χ2v) is 9.42. The van der Waals surface area contributed by atoms with Crippen LogP contribution in [0, 0.1) is 6.92 Å². The third kappa shape index (κ3) is 7.74. The Balaban J connectivity index is 0.00000432. The predicted octanol–water partition coefficient (Wildman–Crippen LogP) is 3.44. The normalized spacial score (nSPS) is 17.6. The molecule has 12 heteroatoms. The molecule has 3 N–H and O–H groups in total. The van der Waals surface area contributed by atoms with Gasteiger partial charge in [-0.05, 0) is 19.8 Å². The van der Waals surface area contributed by atoms with Crippen LogP contribution >= 0.6 is 24.2 Å². The first-order chi connectivity index (χ1) is 16.3. The van der Waals surface area contributed by atoms with Gasteiger partial charge >= 0.3 is 5.97 Å². The maximum atomic E-state index is 12.9. The van der Waals surface area contributed by atoms with Crippen molar-refractivity contribution in [2.75, 3.05) is 19.5 Å². The lowest BCUT2D eigenvalue weighted by molar-refractivity contribution is -0.122. The number of nitrogens with zero attached hydrogens (tertiary/aromatic N) is 2. The van der Waals surface area contributed by atoms with Gasteiger partial charge in [-0.3, -0.25) is 4.79 Å². The lowest BCUT2D eigenvalue weighted by Crippen LogP contribution is -2.30. The number of carbonyl (C=O) groups is 2. The van der Waals surface area contributed by atoms with E-state index in [1.807, 2.05) is 13.8 Å². The molecule has 1 amide bonds. The van der Waals surface area contributed by atoms with E-state index in [0.29, 0.717) is 71.5 Å². The number of fused-ring (bicyclic) bond motifs is 1. The molecule has 0 saturated heterocycles. The van der Waals surface area contributed by atoms with Gasteiger partial charge in [-0.25, -0.2) is 4.79 Å². The standard InChI is InChI=1S/C23H32N4O6S.ClH/c1-13(2)24-10-19-26-22(33-27-19)16-12-34-11-15-17(28)9-18(31-4)14(3)21(15)23(30)32-8-6-5-7-20(29)25-16;/h9,13,16,24,28H,5-8,10-12H2,1-4H3,(H,25,29);1H/t16-;/m0./s1. The Labute approximate surface area is 215 Å². The molecule has 2 aromatic rings. The summed E-state index contributed by atoms with van der Waals surface area (Å²) in [5.41, 5.74) is 1.38. The highest BCUT2D eigenvalue weighted by atomic mass is 35.5. The number of nitrogens with one attached hydrogen (secondary N) is 2. The third-order valence-corrected chi connectivity index (χ3v) is 6.46. The highest BCUT2D eigenvalue weighted by Gasteiger charge is 2.26. The molecule has 2 heterocycles. The zero-order valence-electron chi connectivity index (χ0n) is 20.4. The van der Waals surface area contributed by atoms with Gasteiger partial charge in [-0.2, -0.15) is 16.7 Å². The maximum Gasteiger partial charge on any atom is 0.338 e. The summed E-state index contributed by atoms with van der Waals surface area (Å²) in [4.78, 5) is 29.8. The minimum atomic E-state index is -0.514. The maximum absolute atomic E-state index is 12.9. The van der Waals surface area contributed by atoms with Crippen molar-refractivity contribution >= 4 is 36.0 Å². The predicted molar refractivity (Wildman–Crippen MR) is 134 cm³/mol. The van der Waals surface area contributed by atoms with E-state index >= 15 is 0 Å². The Hall–Kier alpha value is -2.50. The van der Waals surface area contributed by atoms with Gasteiger partial charge in [0.25, 0.3) is 0 Å². The smallest absolute Gasteiger partial charge is 0.338 e. The molecule has 1 aromatic heterocycles. The Morgan fingerprint density at radius 1 is 1.34 bits per heavy atom. The molecule has 10 nitrogen and oxygen atoms in total. The van der Waals surface area contributed by atoms with Gasteiger partial charge < -0.3 is 29.7 Å². The first-order valence-corrected chi connectivity index (χ1v) is 12.4. The average molecular weight is 529 g/mol. The Bertz CT molecular complexity index is 1020. The van der Waals surface area contributed by atoms with Crippen LogP contribution in [-0.4, -0.2) is 52.6 Å². The molecule has 1 aromatic carbocycles. The molecule has 35 heavy (non-hydrogen) atoms. The van der Waals surface area contributed by atoms with Crippen molar-refractivity contribution in [2.24, 2.45) is 0 Å². The SMILES string of the molecule is COc1cc(O)c2c(c1C)C(=O)OCCCCC(=O)N[C@H](c1nc(CNC(C)C)no1)CSC2.Cl. The van der Waals surface area contributed by atoms with Gasteiger partial charge in [0, 0.05) is 41.2 Å². The number of aromatic nitrogens is 2. The molecule has 194 valence electrons. The third-order valence-electron chi connectivity index (χ3n) is 5.40. The number of hydrogen-bond donors (Lipinski definition) is 3. The number of phenolic OH excluding ortho intramolecular Hbond substituents is 1. The van der Waals surface area contributed by atoms with Crippen LogP contribution in [0.25, 0.3) is 0 Å². The number of phenols is 1. The lowest BCUT2D eigenvalue weighted by Gasteiger charge is -2.19. The van der Waals surface area contributed by atoms with E-state index in [2.05, 4.69) is 20.8 Å². The van der Waals surface area contributed by atoms with Crippen LogP contribution in [0.5, 0.6) is 11.5 Å². The molecule has 0 aliphatic carbocycles. The zero-order valence-corrected chi connectivity index (χ0v) is 22.0. The molecule has 0 spiro atoms. The average Bonchev–Trinajstić information content (AvgIpc) is 3.27. The van der Waals surface area contributed by atoms with Crippen LogP contribution in [-0.2, 0) is 21.8 Å². The first-order valence-electron chi connectivity index (χ1n) is 11.3. The molecule has 3 rings (SSSR count). The van der Waals surface area contributed by atoms with E-state index in [1.54, 1.807) is 6.92 Å². The molecular formula is C23H33ClN4O6S. The summed E-state index contributed by atoms with van der Waals surface area (Å²) in [7, 11) is 1.49. The van der Waals surface area contributed by atoms with Crippen LogP contribution in [0.1, 0.15) is 72.4 Å². The summed E-state index contributed by atoms with van der Waals surface area (Å²) in [6, 6.07) is 1.27. The van der Waals surface area contributed by atoms with E-state index < -0.39 is 12.0 Å². The van der Waals surface area contributed by atoms with Crippen LogP contribution in [0.4, 0.5) is 0 Å². The number of esters is 1. The number of methoxy groups -OCH3 is 1. The number of thioether (sulfide) groups is 1. The van der Waals surface area contributed by atoms with Gasteiger partial charge in [0.1, 0.15) is 17.5 Å².